The minimum Gasteiger partial charge on any atom is -0.497 e. The van der Waals surface area contributed by atoms with Crippen molar-refractivity contribution in [2.24, 2.45) is 11.5 Å². The van der Waals surface area contributed by atoms with E-state index in [9.17, 15) is 14.4 Å². The number of imide groups is 1. The van der Waals surface area contributed by atoms with E-state index >= 15 is 0 Å². The number of hydrogen-bond donors (Lipinski definition) is 3. The van der Waals surface area contributed by atoms with Crippen LogP contribution in [0.2, 0.25) is 0 Å². The topological polar surface area (TPSA) is 128 Å². The summed E-state index contributed by atoms with van der Waals surface area (Å²) in [6, 6.07) is 10.6. The summed E-state index contributed by atoms with van der Waals surface area (Å²) in [4.78, 5) is 38.2. The summed E-state index contributed by atoms with van der Waals surface area (Å²) in [5.41, 5.74) is 15.0. The SMILES string of the molecule is COc1cccc(/C(N)=C/C=C(\N)NC(=O)Cc2cc(C)cc3c2C(=O)N(C)C3=O)c1. The van der Waals surface area contributed by atoms with Crippen molar-refractivity contribution in [2.75, 3.05) is 14.2 Å². The van der Waals surface area contributed by atoms with Crippen LogP contribution < -0.4 is 21.5 Å². The molecule has 3 rings (SSSR count). The summed E-state index contributed by atoms with van der Waals surface area (Å²) in [5.74, 6) is -0.434. The van der Waals surface area contributed by atoms with Crippen LogP contribution in [0.3, 0.4) is 0 Å². The third-order valence-corrected chi connectivity index (χ3v) is 4.90. The molecule has 0 spiro atoms. The Kier molecular flexibility index (Phi) is 6.10. The normalized spacial score (nSPS) is 14.0. The Labute approximate surface area is 180 Å². The Morgan fingerprint density at radius 3 is 2.58 bits per heavy atom. The Morgan fingerprint density at radius 2 is 1.87 bits per heavy atom. The van der Waals surface area contributed by atoms with Crippen LogP contribution in [-0.4, -0.2) is 36.8 Å². The Morgan fingerprint density at radius 1 is 1.13 bits per heavy atom. The van der Waals surface area contributed by atoms with Crippen molar-refractivity contribution < 1.29 is 19.1 Å². The van der Waals surface area contributed by atoms with Crippen molar-refractivity contribution in [3.8, 4) is 5.75 Å². The van der Waals surface area contributed by atoms with Crippen molar-refractivity contribution in [1.29, 1.82) is 0 Å². The molecule has 0 aromatic heterocycles. The maximum atomic E-state index is 12.5. The third-order valence-electron chi connectivity index (χ3n) is 4.90. The fourth-order valence-corrected chi connectivity index (χ4v) is 3.36. The van der Waals surface area contributed by atoms with Gasteiger partial charge in [0, 0.05) is 18.3 Å². The molecule has 1 heterocycles. The van der Waals surface area contributed by atoms with Crippen LogP contribution in [0.1, 0.15) is 37.4 Å². The van der Waals surface area contributed by atoms with Gasteiger partial charge in [0.1, 0.15) is 11.6 Å². The predicted molar refractivity (Wildman–Crippen MR) is 117 cm³/mol. The summed E-state index contributed by atoms with van der Waals surface area (Å²) in [5, 5.41) is 2.57. The van der Waals surface area contributed by atoms with Crippen molar-refractivity contribution >= 4 is 23.4 Å². The fraction of sp³-hybridized carbons (Fsp3) is 0.174. The van der Waals surface area contributed by atoms with Gasteiger partial charge in [0.25, 0.3) is 11.8 Å². The molecule has 160 valence electrons. The molecule has 0 radical (unpaired) electrons. The van der Waals surface area contributed by atoms with E-state index in [2.05, 4.69) is 5.32 Å². The maximum Gasteiger partial charge on any atom is 0.261 e. The monoisotopic (exact) mass is 420 g/mol. The fourth-order valence-electron chi connectivity index (χ4n) is 3.36. The molecule has 0 atom stereocenters. The zero-order valence-electron chi connectivity index (χ0n) is 17.6. The average molecular weight is 420 g/mol. The third kappa shape index (κ3) is 4.58. The second-order valence-corrected chi connectivity index (χ2v) is 7.22. The van der Waals surface area contributed by atoms with Gasteiger partial charge in [0.05, 0.1) is 24.7 Å². The number of benzene rings is 2. The van der Waals surface area contributed by atoms with E-state index in [-0.39, 0.29) is 23.7 Å². The van der Waals surface area contributed by atoms with Gasteiger partial charge in [-0.1, -0.05) is 18.2 Å². The van der Waals surface area contributed by atoms with E-state index in [0.717, 1.165) is 16.0 Å². The summed E-state index contributed by atoms with van der Waals surface area (Å²) < 4.78 is 5.17. The van der Waals surface area contributed by atoms with Gasteiger partial charge in [-0.3, -0.25) is 19.3 Å². The van der Waals surface area contributed by atoms with E-state index in [1.54, 1.807) is 44.4 Å². The van der Waals surface area contributed by atoms with Crippen LogP contribution in [0, 0.1) is 6.92 Å². The highest BCUT2D eigenvalue weighted by atomic mass is 16.5. The first-order chi connectivity index (χ1) is 14.7. The van der Waals surface area contributed by atoms with Crippen molar-refractivity contribution in [3.63, 3.8) is 0 Å². The smallest absolute Gasteiger partial charge is 0.261 e. The van der Waals surface area contributed by atoms with Crippen LogP contribution in [0.4, 0.5) is 0 Å². The highest BCUT2D eigenvalue weighted by molar-refractivity contribution is 6.22. The molecule has 2 aromatic rings. The first-order valence-corrected chi connectivity index (χ1v) is 9.54. The number of methoxy groups -OCH3 is 1. The number of carbonyl (C=O) groups excluding carboxylic acids is 3. The van der Waals surface area contributed by atoms with E-state index in [1.807, 2.05) is 12.1 Å². The first kappa shape index (κ1) is 21.6. The second kappa shape index (κ2) is 8.74. The number of ether oxygens (including phenoxy) is 1. The van der Waals surface area contributed by atoms with Crippen molar-refractivity contribution in [1.82, 2.24) is 10.2 Å². The zero-order valence-corrected chi connectivity index (χ0v) is 17.6. The number of fused-ring (bicyclic) bond motifs is 1. The minimum atomic E-state index is -0.416. The zero-order chi connectivity index (χ0) is 22.7. The highest BCUT2D eigenvalue weighted by Crippen LogP contribution is 2.27. The molecule has 0 bridgehead atoms. The molecule has 0 saturated heterocycles. The molecular weight excluding hydrogens is 396 g/mol. The molecule has 0 aliphatic carbocycles. The van der Waals surface area contributed by atoms with Crippen LogP contribution in [0.25, 0.3) is 5.70 Å². The van der Waals surface area contributed by atoms with Gasteiger partial charge in [-0.05, 0) is 48.4 Å². The lowest BCUT2D eigenvalue weighted by Gasteiger charge is -2.09. The summed E-state index contributed by atoms with van der Waals surface area (Å²) in [6.45, 7) is 1.80. The molecule has 0 saturated carbocycles. The number of nitrogens with zero attached hydrogens (tertiary/aromatic N) is 1. The van der Waals surface area contributed by atoms with Gasteiger partial charge < -0.3 is 21.5 Å². The van der Waals surface area contributed by atoms with Crippen molar-refractivity contribution in [2.45, 2.75) is 13.3 Å². The lowest BCUT2D eigenvalue weighted by Crippen LogP contribution is -2.29. The highest BCUT2D eigenvalue weighted by Gasteiger charge is 2.35. The molecule has 0 fully saturated rings. The van der Waals surface area contributed by atoms with Crippen LogP contribution in [-0.2, 0) is 11.2 Å². The summed E-state index contributed by atoms with van der Waals surface area (Å²) in [7, 11) is 2.99. The van der Waals surface area contributed by atoms with Gasteiger partial charge in [0.15, 0.2) is 0 Å². The molecule has 31 heavy (non-hydrogen) atoms. The quantitative estimate of drug-likeness (QED) is 0.482. The van der Waals surface area contributed by atoms with Crippen molar-refractivity contribution in [3.05, 3.63) is 82.2 Å². The molecule has 5 N–H and O–H groups in total. The molecule has 8 nitrogen and oxygen atoms in total. The van der Waals surface area contributed by atoms with Crippen LogP contribution >= 0.6 is 0 Å². The maximum absolute atomic E-state index is 12.5. The Hall–Kier alpha value is -4.07. The molecule has 0 unspecified atom stereocenters. The number of allylic oxidation sites excluding steroid dienone is 2. The van der Waals surface area contributed by atoms with Gasteiger partial charge in [-0.2, -0.15) is 0 Å². The number of aryl methyl sites for hydroxylation is 1. The Balaban J connectivity index is 1.74. The molecule has 8 heteroatoms. The van der Waals surface area contributed by atoms with E-state index in [1.165, 1.54) is 13.1 Å². The molecule has 3 amide bonds. The standard InChI is InChI=1S/C23H24N4O4/c1-13-9-15(21-17(10-13)22(29)27(2)23(21)30)12-20(28)26-19(25)8-7-18(24)14-5-4-6-16(11-14)31-3/h4-11H,12,24-25H2,1-3H3,(H,26,28)/b18-7-,19-8+. The summed E-state index contributed by atoms with van der Waals surface area (Å²) in [6.07, 6.45) is 2.96. The lowest BCUT2D eigenvalue weighted by molar-refractivity contribution is -0.119. The van der Waals surface area contributed by atoms with Gasteiger partial charge in [0.2, 0.25) is 5.91 Å². The number of rotatable bonds is 6. The number of nitrogens with one attached hydrogen (secondary N) is 1. The molecular formula is C23H24N4O4. The minimum absolute atomic E-state index is 0.0967. The first-order valence-electron chi connectivity index (χ1n) is 9.54. The number of hydrogen-bond acceptors (Lipinski definition) is 6. The van der Waals surface area contributed by atoms with E-state index in [0.29, 0.717) is 22.6 Å². The largest absolute Gasteiger partial charge is 0.497 e. The van der Waals surface area contributed by atoms with E-state index in [4.69, 9.17) is 16.2 Å². The van der Waals surface area contributed by atoms with Gasteiger partial charge in [-0.25, -0.2) is 0 Å². The number of amides is 3. The van der Waals surface area contributed by atoms with E-state index < -0.39 is 11.8 Å². The molecule has 1 aliphatic rings. The van der Waals surface area contributed by atoms with Crippen LogP contribution in [0.5, 0.6) is 5.75 Å². The number of nitrogens with two attached hydrogens (primary N) is 2. The Bertz CT molecular complexity index is 1130. The summed E-state index contributed by atoms with van der Waals surface area (Å²) >= 11 is 0. The van der Waals surface area contributed by atoms with Crippen LogP contribution in [0.15, 0.2) is 54.4 Å². The van der Waals surface area contributed by atoms with Gasteiger partial charge in [-0.15, -0.1) is 0 Å². The molecule has 1 aliphatic heterocycles. The number of carbonyl (C=O) groups is 3. The second-order valence-electron chi connectivity index (χ2n) is 7.22. The average Bonchev–Trinajstić information content (AvgIpc) is 2.95. The van der Waals surface area contributed by atoms with Gasteiger partial charge >= 0.3 is 0 Å². The molecule has 2 aromatic carbocycles. The lowest BCUT2D eigenvalue weighted by atomic mass is 9.97. The predicted octanol–water partition coefficient (Wildman–Crippen LogP) is 1.69.